The molecule has 0 aliphatic carbocycles. The summed E-state index contributed by atoms with van der Waals surface area (Å²) in [6.45, 7) is 2.13. The minimum absolute atomic E-state index is 0.281. The van der Waals surface area contributed by atoms with Crippen LogP contribution in [0.1, 0.15) is 35.6 Å². The van der Waals surface area contributed by atoms with Gasteiger partial charge < -0.3 is 0 Å². The molecule has 0 aromatic heterocycles. The smallest absolute Gasteiger partial charge is 0.146 e. The zero-order chi connectivity index (χ0) is 16.9. The average Bonchev–Trinajstić information content (AvgIpc) is 2.62. The van der Waals surface area contributed by atoms with Crippen molar-refractivity contribution in [2.75, 3.05) is 0 Å². The predicted molar refractivity (Wildman–Crippen MR) is 95.0 cm³/mol. The van der Waals surface area contributed by atoms with Crippen molar-refractivity contribution in [1.82, 2.24) is 0 Å². The Balaban J connectivity index is 1.96. The van der Waals surface area contributed by atoms with E-state index in [-0.39, 0.29) is 5.82 Å². The third-order valence-electron chi connectivity index (χ3n) is 3.91. The van der Waals surface area contributed by atoms with Crippen LogP contribution in [0.4, 0.5) is 4.39 Å². The van der Waals surface area contributed by atoms with Gasteiger partial charge in [-0.15, -0.1) is 0 Å². The fraction of sp³-hybridized carbons (Fsp3) is 0.136. The maximum Gasteiger partial charge on any atom is 0.146 e. The average molecular weight is 313 g/mol. The van der Waals surface area contributed by atoms with E-state index in [1.165, 1.54) is 5.56 Å². The summed E-state index contributed by atoms with van der Waals surface area (Å²) < 4.78 is 14.7. The Morgan fingerprint density at radius 1 is 0.917 bits per heavy atom. The van der Waals surface area contributed by atoms with Gasteiger partial charge in [0.25, 0.3) is 0 Å². The number of nitriles is 1. The Morgan fingerprint density at radius 3 is 2.38 bits per heavy atom. The fourth-order valence-corrected chi connectivity index (χ4v) is 2.65. The number of rotatable bonds is 2. The molecule has 0 saturated heterocycles. The zero-order valence-electron chi connectivity index (χ0n) is 13.4. The lowest BCUT2D eigenvalue weighted by atomic mass is 10.0. The van der Waals surface area contributed by atoms with Crippen LogP contribution in [0.25, 0.3) is 10.8 Å². The van der Waals surface area contributed by atoms with Crippen LogP contribution in [0.3, 0.4) is 0 Å². The molecule has 0 saturated carbocycles. The van der Waals surface area contributed by atoms with Gasteiger partial charge in [-0.3, -0.25) is 0 Å². The molecule has 116 valence electrons. The summed E-state index contributed by atoms with van der Waals surface area (Å²) in [5.41, 5.74) is 2.95. The molecule has 0 bridgehead atoms. The van der Waals surface area contributed by atoms with E-state index >= 15 is 0 Å². The molecule has 0 amide bonds. The van der Waals surface area contributed by atoms with Gasteiger partial charge in [-0.05, 0) is 47.7 Å². The first-order chi connectivity index (χ1) is 11.7. The monoisotopic (exact) mass is 313 g/mol. The van der Waals surface area contributed by atoms with Crippen molar-refractivity contribution in [3.05, 3.63) is 82.7 Å². The predicted octanol–water partition coefficient (Wildman–Crippen LogP) is 5.20. The first-order valence-electron chi connectivity index (χ1n) is 7.94. The number of hydrogen-bond donors (Lipinski definition) is 0. The van der Waals surface area contributed by atoms with Crippen molar-refractivity contribution in [3.63, 3.8) is 0 Å². The summed E-state index contributed by atoms with van der Waals surface area (Å²) in [6, 6.07) is 18.5. The number of benzene rings is 3. The van der Waals surface area contributed by atoms with Gasteiger partial charge in [-0.25, -0.2) is 4.39 Å². The Kier molecular flexibility index (Phi) is 4.59. The molecule has 0 aliphatic rings. The molecule has 0 atom stereocenters. The first kappa shape index (κ1) is 15.8. The van der Waals surface area contributed by atoms with Crippen molar-refractivity contribution in [3.8, 4) is 17.9 Å². The third kappa shape index (κ3) is 3.29. The van der Waals surface area contributed by atoms with E-state index in [1.54, 1.807) is 30.3 Å². The summed E-state index contributed by atoms with van der Waals surface area (Å²) in [6.07, 6.45) is 2.07. The molecule has 0 aliphatic heterocycles. The van der Waals surface area contributed by atoms with E-state index in [1.807, 2.05) is 24.3 Å². The molecule has 2 heteroatoms. The zero-order valence-corrected chi connectivity index (χ0v) is 13.4. The molecule has 3 aromatic rings. The minimum Gasteiger partial charge on any atom is -0.205 e. The molecule has 24 heavy (non-hydrogen) atoms. The fourth-order valence-electron chi connectivity index (χ4n) is 2.65. The van der Waals surface area contributed by atoms with Crippen molar-refractivity contribution in [1.29, 1.82) is 5.26 Å². The van der Waals surface area contributed by atoms with Gasteiger partial charge in [-0.1, -0.05) is 49.5 Å². The van der Waals surface area contributed by atoms with Crippen molar-refractivity contribution in [2.45, 2.75) is 19.8 Å². The molecule has 0 unspecified atom stereocenters. The van der Waals surface area contributed by atoms with E-state index in [2.05, 4.69) is 24.8 Å². The Bertz CT molecular complexity index is 983. The molecular weight excluding hydrogens is 297 g/mol. The number of hydrogen-bond acceptors (Lipinski definition) is 1. The highest BCUT2D eigenvalue weighted by atomic mass is 19.1. The molecule has 3 rings (SSSR count). The second-order valence-corrected chi connectivity index (χ2v) is 5.67. The van der Waals surface area contributed by atoms with Gasteiger partial charge in [0.15, 0.2) is 0 Å². The summed E-state index contributed by atoms with van der Waals surface area (Å²) >= 11 is 0. The standard InChI is InChI=1S/C22H16FN/c1-2-3-17-9-13-21-20(14-17)12-11-19(22(21)23)10-8-16-4-6-18(15-24)7-5-16/h4-7,9,11-14H,2-3H2,1H3. The van der Waals surface area contributed by atoms with Crippen LogP contribution in [0.15, 0.2) is 54.6 Å². The first-order valence-corrected chi connectivity index (χ1v) is 7.94. The van der Waals surface area contributed by atoms with Gasteiger partial charge >= 0.3 is 0 Å². The Hall–Kier alpha value is -3.10. The van der Waals surface area contributed by atoms with E-state index in [0.717, 1.165) is 23.8 Å². The lowest BCUT2D eigenvalue weighted by Gasteiger charge is -2.05. The molecule has 0 heterocycles. The van der Waals surface area contributed by atoms with Crippen molar-refractivity contribution < 1.29 is 4.39 Å². The molecule has 0 spiro atoms. The van der Waals surface area contributed by atoms with Crippen LogP contribution in [0.2, 0.25) is 0 Å². The number of aryl methyl sites for hydroxylation is 1. The van der Waals surface area contributed by atoms with E-state index in [4.69, 9.17) is 5.26 Å². The maximum atomic E-state index is 14.7. The van der Waals surface area contributed by atoms with Crippen LogP contribution in [-0.2, 0) is 6.42 Å². The van der Waals surface area contributed by atoms with E-state index in [9.17, 15) is 4.39 Å². The van der Waals surface area contributed by atoms with Crippen LogP contribution in [0.5, 0.6) is 0 Å². The number of halogens is 1. The Labute approximate surface area is 141 Å². The Morgan fingerprint density at radius 2 is 1.67 bits per heavy atom. The number of nitrogens with zero attached hydrogens (tertiary/aromatic N) is 1. The lowest BCUT2D eigenvalue weighted by molar-refractivity contribution is 0.636. The SMILES string of the molecule is CCCc1ccc2c(F)c(C#Cc3ccc(C#N)cc3)ccc2c1. The van der Waals surface area contributed by atoms with E-state index < -0.39 is 0 Å². The quantitative estimate of drug-likeness (QED) is 0.596. The van der Waals surface area contributed by atoms with Crippen LogP contribution in [-0.4, -0.2) is 0 Å². The minimum atomic E-state index is -0.281. The molecular formula is C22H16FN. The highest BCUT2D eigenvalue weighted by Gasteiger charge is 2.06. The number of fused-ring (bicyclic) bond motifs is 1. The van der Waals surface area contributed by atoms with Gasteiger partial charge in [0.1, 0.15) is 5.82 Å². The molecule has 3 aromatic carbocycles. The summed E-state index contributed by atoms with van der Waals surface area (Å²) in [7, 11) is 0. The summed E-state index contributed by atoms with van der Waals surface area (Å²) in [5.74, 6) is 5.56. The van der Waals surface area contributed by atoms with Gasteiger partial charge in [0.2, 0.25) is 0 Å². The largest absolute Gasteiger partial charge is 0.205 e. The highest BCUT2D eigenvalue weighted by molar-refractivity contribution is 5.85. The second-order valence-electron chi connectivity index (χ2n) is 5.67. The van der Waals surface area contributed by atoms with Gasteiger partial charge in [0.05, 0.1) is 17.2 Å². The van der Waals surface area contributed by atoms with Crippen molar-refractivity contribution >= 4 is 10.8 Å². The summed E-state index contributed by atoms with van der Waals surface area (Å²) in [5, 5.41) is 10.3. The van der Waals surface area contributed by atoms with Crippen LogP contribution in [0, 0.1) is 29.0 Å². The van der Waals surface area contributed by atoms with Crippen LogP contribution < -0.4 is 0 Å². The molecule has 0 radical (unpaired) electrons. The maximum absolute atomic E-state index is 14.7. The van der Waals surface area contributed by atoms with Gasteiger partial charge in [-0.2, -0.15) is 5.26 Å². The molecule has 0 fully saturated rings. The summed E-state index contributed by atoms with van der Waals surface area (Å²) in [4.78, 5) is 0. The van der Waals surface area contributed by atoms with Crippen molar-refractivity contribution in [2.24, 2.45) is 0 Å². The topological polar surface area (TPSA) is 23.8 Å². The highest BCUT2D eigenvalue weighted by Crippen LogP contribution is 2.22. The van der Waals surface area contributed by atoms with E-state index in [0.29, 0.717) is 16.5 Å². The second kappa shape index (κ2) is 6.99. The normalized spacial score (nSPS) is 10.0. The molecule has 1 nitrogen and oxygen atoms in total. The molecule has 0 N–H and O–H groups in total. The van der Waals surface area contributed by atoms with Gasteiger partial charge in [0, 0.05) is 10.9 Å². The van der Waals surface area contributed by atoms with Crippen LogP contribution >= 0.6 is 0 Å². The lowest BCUT2D eigenvalue weighted by Crippen LogP contribution is -1.89. The third-order valence-corrected chi connectivity index (χ3v) is 3.91.